The number of hydrogen-bond donors (Lipinski definition) is 1. The highest BCUT2D eigenvalue weighted by Gasteiger charge is 2.27. The summed E-state index contributed by atoms with van der Waals surface area (Å²) in [6, 6.07) is 7.12. The molecule has 2 aromatic rings. The van der Waals surface area contributed by atoms with Crippen LogP contribution in [0.25, 0.3) is 0 Å². The van der Waals surface area contributed by atoms with Crippen molar-refractivity contribution in [3.05, 3.63) is 42.4 Å². The molecule has 1 aromatic carbocycles. The van der Waals surface area contributed by atoms with Crippen LogP contribution in [0.4, 0.5) is 0 Å². The number of nitrogens with zero attached hydrogens (tertiary/aromatic N) is 2. The van der Waals surface area contributed by atoms with E-state index >= 15 is 0 Å². The smallest absolute Gasteiger partial charge is 0.439 e. The molecule has 0 atom stereocenters. The summed E-state index contributed by atoms with van der Waals surface area (Å²) in [6.07, 6.45) is 3.02. The Hall–Kier alpha value is -1.92. The molecule has 2 heterocycles. The van der Waals surface area contributed by atoms with Crippen molar-refractivity contribution in [3.63, 3.8) is 0 Å². The van der Waals surface area contributed by atoms with Gasteiger partial charge in [-0.1, -0.05) is 6.07 Å². The lowest BCUT2D eigenvalue weighted by molar-refractivity contribution is 0.275. The fraction of sp³-hybridized carbons (Fsp3) is 0.0909. The van der Waals surface area contributed by atoms with Crippen LogP contribution in [0, 0.1) is 0 Å². The topological polar surface area (TPSA) is 64.5 Å². The second kappa shape index (κ2) is 4.16. The largest absolute Gasteiger partial charge is 0.491 e. The molecular weight excluding hydrogens is 219 g/mol. The van der Waals surface area contributed by atoms with Gasteiger partial charge in [-0.05, 0) is 23.2 Å². The first-order valence-corrected chi connectivity index (χ1v) is 5.19. The SMILES string of the molecule is OB1OCc2ccc(Oc3ccncn3)cc21. The number of rotatable bonds is 2. The molecule has 1 N–H and O–H groups in total. The zero-order valence-corrected chi connectivity index (χ0v) is 8.91. The Labute approximate surface area is 98.2 Å². The van der Waals surface area contributed by atoms with Gasteiger partial charge in [0, 0.05) is 12.3 Å². The average Bonchev–Trinajstić information content (AvgIpc) is 2.73. The van der Waals surface area contributed by atoms with Gasteiger partial charge in [0.2, 0.25) is 5.88 Å². The van der Waals surface area contributed by atoms with E-state index in [1.165, 1.54) is 6.33 Å². The maximum Gasteiger partial charge on any atom is 0.491 e. The first-order chi connectivity index (χ1) is 8.33. The van der Waals surface area contributed by atoms with Crippen molar-refractivity contribution in [2.24, 2.45) is 0 Å². The number of benzene rings is 1. The van der Waals surface area contributed by atoms with Gasteiger partial charge in [0.25, 0.3) is 0 Å². The summed E-state index contributed by atoms with van der Waals surface area (Å²) < 4.78 is 10.6. The Morgan fingerprint density at radius 3 is 3.12 bits per heavy atom. The molecule has 1 aromatic heterocycles. The normalized spacial score (nSPS) is 13.6. The molecule has 5 nitrogen and oxygen atoms in total. The van der Waals surface area contributed by atoms with Crippen molar-refractivity contribution in [3.8, 4) is 11.6 Å². The summed E-state index contributed by atoms with van der Waals surface area (Å²) in [7, 11) is -0.862. The highest BCUT2D eigenvalue weighted by Crippen LogP contribution is 2.20. The van der Waals surface area contributed by atoms with E-state index < -0.39 is 7.12 Å². The lowest BCUT2D eigenvalue weighted by Gasteiger charge is -2.05. The van der Waals surface area contributed by atoms with Crippen molar-refractivity contribution in [1.82, 2.24) is 9.97 Å². The Morgan fingerprint density at radius 1 is 1.35 bits per heavy atom. The first-order valence-electron chi connectivity index (χ1n) is 5.19. The van der Waals surface area contributed by atoms with E-state index in [4.69, 9.17) is 9.39 Å². The molecule has 0 unspecified atom stereocenters. The van der Waals surface area contributed by atoms with Crippen LogP contribution in [-0.2, 0) is 11.3 Å². The molecule has 0 saturated carbocycles. The van der Waals surface area contributed by atoms with Gasteiger partial charge in [0.15, 0.2) is 0 Å². The van der Waals surface area contributed by atoms with Crippen LogP contribution in [0.5, 0.6) is 11.6 Å². The monoisotopic (exact) mass is 228 g/mol. The minimum Gasteiger partial charge on any atom is -0.439 e. The molecule has 0 radical (unpaired) electrons. The number of ether oxygens (including phenoxy) is 1. The summed E-state index contributed by atoms with van der Waals surface area (Å²) in [6.45, 7) is 0.435. The van der Waals surface area contributed by atoms with Gasteiger partial charge in [0.05, 0.1) is 6.61 Å². The standard InChI is InChI=1S/C11H9BN2O3/c15-12-10-5-9(2-1-8(10)6-16-12)17-11-3-4-13-7-14-11/h1-5,7,15H,6H2. The van der Waals surface area contributed by atoms with E-state index in [0.717, 1.165) is 11.0 Å². The summed E-state index contributed by atoms with van der Waals surface area (Å²) in [4.78, 5) is 7.77. The molecule has 0 saturated heterocycles. The van der Waals surface area contributed by atoms with Crippen molar-refractivity contribution in [1.29, 1.82) is 0 Å². The summed E-state index contributed by atoms with van der Waals surface area (Å²) in [5.41, 5.74) is 1.73. The van der Waals surface area contributed by atoms with Crippen molar-refractivity contribution in [2.75, 3.05) is 0 Å². The molecule has 1 aliphatic rings. The number of aromatic nitrogens is 2. The summed E-state index contributed by atoms with van der Waals surface area (Å²) in [5, 5.41) is 9.57. The van der Waals surface area contributed by atoms with Gasteiger partial charge in [-0.3, -0.25) is 0 Å². The molecule has 1 aliphatic heterocycles. The summed E-state index contributed by atoms with van der Waals surface area (Å²) in [5.74, 6) is 1.08. The van der Waals surface area contributed by atoms with Gasteiger partial charge in [-0.15, -0.1) is 0 Å². The molecule has 0 fully saturated rings. The van der Waals surface area contributed by atoms with Crippen LogP contribution in [0.1, 0.15) is 5.56 Å². The van der Waals surface area contributed by atoms with Gasteiger partial charge < -0.3 is 14.4 Å². The third-order valence-electron chi connectivity index (χ3n) is 2.56. The molecule has 3 rings (SSSR count). The van der Waals surface area contributed by atoms with Crippen LogP contribution in [0.2, 0.25) is 0 Å². The molecule has 0 spiro atoms. The predicted octanol–water partition coefficient (Wildman–Crippen LogP) is 0.487. The molecule has 17 heavy (non-hydrogen) atoms. The highest BCUT2D eigenvalue weighted by atomic mass is 16.5. The Kier molecular flexibility index (Phi) is 2.51. The van der Waals surface area contributed by atoms with Crippen LogP contribution in [0.15, 0.2) is 36.8 Å². The van der Waals surface area contributed by atoms with Gasteiger partial charge in [-0.25, -0.2) is 9.97 Å². The van der Waals surface area contributed by atoms with E-state index in [1.807, 2.05) is 12.1 Å². The maximum absolute atomic E-state index is 9.57. The summed E-state index contributed by atoms with van der Waals surface area (Å²) >= 11 is 0. The Bertz CT molecular complexity index is 535. The lowest BCUT2D eigenvalue weighted by Crippen LogP contribution is -2.27. The van der Waals surface area contributed by atoms with Crippen LogP contribution in [-0.4, -0.2) is 22.1 Å². The van der Waals surface area contributed by atoms with E-state index in [1.54, 1.807) is 18.3 Å². The lowest BCUT2D eigenvalue weighted by atomic mass is 9.79. The zero-order chi connectivity index (χ0) is 11.7. The maximum atomic E-state index is 9.57. The molecule has 6 heteroatoms. The number of fused-ring (bicyclic) bond motifs is 1. The van der Waals surface area contributed by atoms with Crippen LogP contribution >= 0.6 is 0 Å². The molecule has 0 aliphatic carbocycles. The highest BCUT2D eigenvalue weighted by molar-refractivity contribution is 6.61. The van der Waals surface area contributed by atoms with Crippen LogP contribution < -0.4 is 10.2 Å². The predicted molar refractivity (Wildman–Crippen MR) is 60.9 cm³/mol. The minimum absolute atomic E-state index is 0.435. The Balaban J connectivity index is 1.88. The molecule has 84 valence electrons. The van der Waals surface area contributed by atoms with Crippen molar-refractivity contribution in [2.45, 2.75) is 6.61 Å². The number of hydrogen-bond acceptors (Lipinski definition) is 5. The van der Waals surface area contributed by atoms with E-state index in [-0.39, 0.29) is 0 Å². The third-order valence-corrected chi connectivity index (χ3v) is 2.56. The Morgan fingerprint density at radius 2 is 2.29 bits per heavy atom. The quantitative estimate of drug-likeness (QED) is 0.757. The van der Waals surface area contributed by atoms with E-state index in [2.05, 4.69) is 9.97 Å². The van der Waals surface area contributed by atoms with Crippen molar-refractivity contribution < 1.29 is 14.4 Å². The van der Waals surface area contributed by atoms with Crippen molar-refractivity contribution >= 4 is 12.6 Å². The van der Waals surface area contributed by atoms with Crippen LogP contribution in [0.3, 0.4) is 0 Å². The van der Waals surface area contributed by atoms with Gasteiger partial charge in [-0.2, -0.15) is 0 Å². The minimum atomic E-state index is -0.862. The van der Waals surface area contributed by atoms with Gasteiger partial charge in [0.1, 0.15) is 12.1 Å². The van der Waals surface area contributed by atoms with Gasteiger partial charge >= 0.3 is 7.12 Å². The zero-order valence-electron chi connectivity index (χ0n) is 8.91. The van der Waals surface area contributed by atoms with E-state index in [0.29, 0.717) is 18.2 Å². The fourth-order valence-corrected chi connectivity index (χ4v) is 1.72. The first kappa shape index (κ1) is 10.3. The molecular formula is C11H9BN2O3. The average molecular weight is 228 g/mol. The second-order valence-electron chi connectivity index (χ2n) is 3.67. The molecule has 0 bridgehead atoms. The fourth-order valence-electron chi connectivity index (χ4n) is 1.72. The second-order valence-corrected chi connectivity index (χ2v) is 3.67. The molecule has 0 amide bonds. The third kappa shape index (κ3) is 2.00. The van der Waals surface area contributed by atoms with E-state index in [9.17, 15) is 5.02 Å².